The molecule has 1 aromatic carbocycles. The molecule has 2 aliphatic carbocycles. The number of aromatic nitrogens is 2. The summed E-state index contributed by atoms with van der Waals surface area (Å²) in [6.07, 6.45) is 7.27. The van der Waals surface area contributed by atoms with E-state index in [2.05, 4.69) is 14.9 Å². The number of carbonyl (C=O) groups is 2. The molecule has 1 N–H and O–H groups in total. The Kier molecular flexibility index (Phi) is 6.62. The molecule has 30 heavy (non-hydrogen) atoms. The molecule has 1 aromatic heterocycles. The molecule has 0 unspecified atom stereocenters. The highest BCUT2D eigenvalue weighted by Gasteiger charge is 2.42. The number of hydrogen-bond donors (Lipinski definition) is 1. The molecule has 0 spiro atoms. The van der Waals surface area contributed by atoms with Gasteiger partial charge in [0.2, 0.25) is 5.91 Å². The molecular weight excluding hydrogens is 400 g/mol. The Morgan fingerprint density at radius 3 is 2.50 bits per heavy atom. The molecule has 2 amide bonds. The third kappa shape index (κ3) is 4.80. The average Bonchev–Trinajstić information content (AvgIpc) is 3.45. The van der Waals surface area contributed by atoms with Crippen LogP contribution in [0.2, 0.25) is 0 Å². The van der Waals surface area contributed by atoms with Crippen molar-refractivity contribution in [1.82, 2.24) is 19.8 Å². The van der Waals surface area contributed by atoms with Crippen LogP contribution >= 0.6 is 11.5 Å². The number of nitrogens with one attached hydrogen (secondary N) is 1. The zero-order valence-corrected chi connectivity index (χ0v) is 18.1. The first-order chi connectivity index (χ1) is 14.7. The third-order valence-electron chi connectivity index (χ3n) is 5.74. The van der Waals surface area contributed by atoms with E-state index >= 15 is 0 Å². The minimum atomic E-state index is -0.690. The van der Waals surface area contributed by atoms with Crippen LogP contribution in [0.4, 0.5) is 0 Å². The Bertz CT molecular complexity index is 846. The molecule has 8 heteroatoms. The molecule has 1 atom stereocenters. The lowest BCUT2D eigenvalue weighted by atomic mass is 9.94. The molecule has 2 aromatic rings. The Hall–Kier alpha value is -2.48. The lowest BCUT2D eigenvalue weighted by molar-refractivity contribution is -0.127. The smallest absolute Gasteiger partial charge is 0.276 e. The molecule has 7 nitrogen and oxygen atoms in total. The lowest BCUT2D eigenvalue weighted by Gasteiger charge is -2.33. The predicted molar refractivity (Wildman–Crippen MR) is 114 cm³/mol. The summed E-state index contributed by atoms with van der Waals surface area (Å²) >= 11 is 1.14. The van der Waals surface area contributed by atoms with Crippen LogP contribution in [0.1, 0.15) is 74.0 Å². The van der Waals surface area contributed by atoms with Crippen LogP contribution in [0.3, 0.4) is 0 Å². The first-order valence-electron chi connectivity index (χ1n) is 10.8. The number of benzene rings is 1. The molecule has 2 aliphatic rings. The van der Waals surface area contributed by atoms with Crippen molar-refractivity contribution in [3.05, 3.63) is 40.9 Å². The van der Waals surface area contributed by atoms with E-state index < -0.39 is 6.04 Å². The van der Waals surface area contributed by atoms with Crippen molar-refractivity contribution >= 4 is 23.3 Å². The Morgan fingerprint density at radius 1 is 1.17 bits per heavy atom. The average molecular weight is 429 g/mol. The SMILES string of the molecule is CCOc1ccc([C@@H](C(=O)NC2CCCCC2)N(C(=O)c2csnn2)C2CC2)cc1. The maximum Gasteiger partial charge on any atom is 0.276 e. The van der Waals surface area contributed by atoms with E-state index in [0.717, 1.165) is 61.4 Å². The van der Waals surface area contributed by atoms with Gasteiger partial charge in [0.15, 0.2) is 5.69 Å². The summed E-state index contributed by atoms with van der Waals surface area (Å²) in [7, 11) is 0. The summed E-state index contributed by atoms with van der Waals surface area (Å²) in [5.41, 5.74) is 1.09. The standard InChI is InChI=1S/C22H28N4O3S/c1-2-29-18-12-8-15(9-13-18)20(21(27)23-16-6-4-3-5-7-16)26(17-10-11-17)22(28)19-14-30-25-24-19/h8-9,12-14,16-17,20H,2-7,10-11H2,1H3,(H,23,27)/t20-/m0/s1. The maximum atomic E-state index is 13.5. The molecule has 1 heterocycles. The van der Waals surface area contributed by atoms with E-state index in [1.54, 1.807) is 10.3 Å². The highest BCUT2D eigenvalue weighted by Crippen LogP contribution is 2.37. The van der Waals surface area contributed by atoms with Gasteiger partial charge in [0, 0.05) is 17.5 Å². The van der Waals surface area contributed by atoms with Crippen LogP contribution in [0.5, 0.6) is 5.75 Å². The molecule has 0 radical (unpaired) electrons. The van der Waals surface area contributed by atoms with Gasteiger partial charge in [-0.3, -0.25) is 9.59 Å². The van der Waals surface area contributed by atoms with Gasteiger partial charge in [-0.1, -0.05) is 35.9 Å². The maximum absolute atomic E-state index is 13.5. The predicted octanol–water partition coefficient (Wildman–Crippen LogP) is 3.73. The van der Waals surface area contributed by atoms with Crippen LogP contribution in [0, 0.1) is 0 Å². The Morgan fingerprint density at radius 2 is 1.90 bits per heavy atom. The van der Waals surface area contributed by atoms with Crippen LogP contribution in [-0.4, -0.2) is 45.0 Å². The highest BCUT2D eigenvalue weighted by molar-refractivity contribution is 7.03. The van der Waals surface area contributed by atoms with E-state index in [0.29, 0.717) is 12.3 Å². The monoisotopic (exact) mass is 428 g/mol. The fourth-order valence-corrected chi connectivity index (χ4v) is 4.55. The van der Waals surface area contributed by atoms with E-state index in [-0.39, 0.29) is 23.9 Å². The second-order valence-corrected chi connectivity index (χ2v) is 8.59. The quantitative estimate of drug-likeness (QED) is 0.693. The Labute approximate surface area is 181 Å². The first kappa shape index (κ1) is 20.8. The van der Waals surface area contributed by atoms with Crippen molar-refractivity contribution < 1.29 is 14.3 Å². The van der Waals surface area contributed by atoms with Crippen LogP contribution in [0.15, 0.2) is 29.6 Å². The number of amides is 2. The van der Waals surface area contributed by atoms with Crippen LogP contribution in [0.25, 0.3) is 0 Å². The number of nitrogens with zero attached hydrogens (tertiary/aromatic N) is 3. The summed E-state index contributed by atoms with van der Waals surface area (Å²) in [6.45, 7) is 2.51. The van der Waals surface area contributed by atoms with Crippen molar-refractivity contribution in [2.45, 2.75) is 70.0 Å². The second kappa shape index (κ2) is 9.55. The number of hydrogen-bond acceptors (Lipinski definition) is 6. The molecule has 0 aliphatic heterocycles. The normalized spacial score (nSPS) is 17.9. The van der Waals surface area contributed by atoms with Crippen molar-refractivity contribution in [2.75, 3.05) is 6.61 Å². The second-order valence-electron chi connectivity index (χ2n) is 7.98. The van der Waals surface area contributed by atoms with Crippen LogP contribution in [-0.2, 0) is 4.79 Å². The van der Waals surface area contributed by atoms with Gasteiger partial charge in [0.1, 0.15) is 11.8 Å². The fraction of sp³-hybridized carbons (Fsp3) is 0.545. The van der Waals surface area contributed by atoms with Gasteiger partial charge in [-0.15, -0.1) is 5.10 Å². The molecule has 4 rings (SSSR count). The molecule has 160 valence electrons. The van der Waals surface area contributed by atoms with E-state index in [1.165, 1.54) is 6.42 Å². The van der Waals surface area contributed by atoms with Gasteiger partial charge in [0.05, 0.1) is 6.61 Å². The summed E-state index contributed by atoms with van der Waals surface area (Å²) < 4.78 is 9.39. The number of rotatable bonds is 8. The minimum Gasteiger partial charge on any atom is -0.494 e. The molecule has 2 fully saturated rings. The third-order valence-corrected chi connectivity index (χ3v) is 6.24. The van der Waals surface area contributed by atoms with E-state index in [4.69, 9.17) is 4.74 Å². The van der Waals surface area contributed by atoms with Crippen molar-refractivity contribution in [2.24, 2.45) is 0 Å². The molecule has 2 saturated carbocycles. The highest BCUT2D eigenvalue weighted by atomic mass is 32.1. The zero-order valence-electron chi connectivity index (χ0n) is 17.3. The zero-order chi connectivity index (χ0) is 20.9. The summed E-state index contributed by atoms with van der Waals surface area (Å²) in [5, 5.41) is 8.83. The molecule has 0 bridgehead atoms. The van der Waals surface area contributed by atoms with Gasteiger partial charge in [-0.2, -0.15) is 0 Å². The molecule has 0 saturated heterocycles. The van der Waals surface area contributed by atoms with E-state index in [9.17, 15) is 9.59 Å². The van der Waals surface area contributed by atoms with Crippen molar-refractivity contribution in [3.63, 3.8) is 0 Å². The lowest BCUT2D eigenvalue weighted by Crippen LogP contribution is -2.48. The van der Waals surface area contributed by atoms with Crippen LogP contribution < -0.4 is 10.1 Å². The minimum absolute atomic E-state index is 0.0490. The van der Waals surface area contributed by atoms with Gasteiger partial charge in [-0.05, 0) is 61.8 Å². The number of ether oxygens (including phenoxy) is 1. The summed E-state index contributed by atoms with van der Waals surface area (Å²) in [6, 6.07) is 7.03. The van der Waals surface area contributed by atoms with Crippen molar-refractivity contribution in [1.29, 1.82) is 0 Å². The Balaban J connectivity index is 1.64. The van der Waals surface area contributed by atoms with Gasteiger partial charge in [-0.25, -0.2) is 0 Å². The van der Waals surface area contributed by atoms with Gasteiger partial charge >= 0.3 is 0 Å². The topological polar surface area (TPSA) is 84.4 Å². The van der Waals surface area contributed by atoms with Gasteiger partial charge < -0.3 is 15.0 Å². The summed E-state index contributed by atoms with van der Waals surface area (Å²) in [5.74, 6) is 0.402. The largest absolute Gasteiger partial charge is 0.494 e. The first-order valence-corrected chi connectivity index (χ1v) is 11.6. The molecular formula is C22H28N4O3S. The number of carbonyl (C=O) groups excluding carboxylic acids is 2. The summed E-state index contributed by atoms with van der Waals surface area (Å²) in [4.78, 5) is 28.5. The fourth-order valence-electron chi connectivity index (χ4n) is 4.12. The van der Waals surface area contributed by atoms with Gasteiger partial charge in [0.25, 0.3) is 5.91 Å². The van der Waals surface area contributed by atoms with E-state index in [1.807, 2.05) is 31.2 Å². The van der Waals surface area contributed by atoms with Crippen molar-refractivity contribution in [3.8, 4) is 5.75 Å².